The number of anilines is 1. The van der Waals surface area contributed by atoms with Gasteiger partial charge in [-0.25, -0.2) is 13.1 Å². The second-order valence-corrected chi connectivity index (χ2v) is 8.73. The van der Waals surface area contributed by atoms with E-state index in [4.69, 9.17) is 4.74 Å². The van der Waals surface area contributed by atoms with E-state index in [0.29, 0.717) is 23.9 Å². The van der Waals surface area contributed by atoms with Crippen molar-refractivity contribution in [2.75, 3.05) is 18.5 Å². The van der Waals surface area contributed by atoms with Gasteiger partial charge in [-0.1, -0.05) is 51.5 Å². The van der Waals surface area contributed by atoms with E-state index in [1.54, 1.807) is 12.1 Å². The largest absolute Gasteiger partial charge is 0.483 e. The lowest BCUT2D eigenvalue weighted by molar-refractivity contribution is -0.118. The summed E-state index contributed by atoms with van der Waals surface area (Å²) < 4.78 is 32.9. The van der Waals surface area contributed by atoms with E-state index in [0.717, 1.165) is 24.8 Å². The van der Waals surface area contributed by atoms with Gasteiger partial charge >= 0.3 is 0 Å². The molecule has 0 radical (unpaired) electrons. The number of nitrogens with one attached hydrogen (secondary N) is 2. The molecule has 2 aromatic carbocycles. The molecule has 0 aromatic heterocycles. The van der Waals surface area contributed by atoms with Gasteiger partial charge in [0.05, 0.1) is 4.90 Å². The molecule has 7 heteroatoms. The number of benzene rings is 2. The maximum atomic E-state index is 12.3. The summed E-state index contributed by atoms with van der Waals surface area (Å²) in [6, 6.07) is 13.9. The molecule has 6 nitrogen and oxygen atoms in total. The van der Waals surface area contributed by atoms with E-state index >= 15 is 0 Å². The van der Waals surface area contributed by atoms with Crippen LogP contribution in [0.15, 0.2) is 53.4 Å². The molecule has 2 aromatic rings. The Morgan fingerprint density at radius 1 is 1.10 bits per heavy atom. The standard InChI is InChI=1S/C22H30N2O4S/c1-4-6-14-23-29(26,27)19-11-9-10-18(15-19)24-22(25)16-28-21-13-8-7-12-20(21)17(3)5-2/h7-13,15,17,23H,4-6,14,16H2,1-3H3,(H,24,25). The van der Waals surface area contributed by atoms with Crippen LogP contribution in [0.25, 0.3) is 0 Å². The minimum atomic E-state index is -3.60. The predicted molar refractivity (Wildman–Crippen MR) is 116 cm³/mol. The first kappa shape index (κ1) is 22.9. The lowest BCUT2D eigenvalue weighted by Gasteiger charge is -2.15. The Hall–Kier alpha value is -2.38. The van der Waals surface area contributed by atoms with Crippen LogP contribution in [0, 0.1) is 0 Å². The molecule has 0 aliphatic heterocycles. The van der Waals surface area contributed by atoms with Crippen LogP contribution in [0.3, 0.4) is 0 Å². The lowest BCUT2D eigenvalue weighted by Crippen LogP contribution is -2.25. The van der Waals surface area contributed by atoms with Gasteiger partial charge in [0, 0.05) is 12.2 Å². The normalized spacial score (nSPS) is 12.4. The predicted octanol–water partition coefficient (Wildman–Crippen LogP) is 4.30. The SMILES string of the molecule is CCCCNS(=O)(=O)c1cccc(NC(=O)COc2ccccc2C(C)CC)c1. The maximum Gasteiger partial charge on any atom is 0.262 e. The van der Waals surface area contributed by atoms with Crippen LogP contribution < -0.4 is 14.8 Å². The molecule has 0 fully saturated rings. The van der Waals surface area contributed by atoms with E-state index < -0.39 is 10.0 Å². The Labute approximate surface area is 173 Å². The number of hydrogen-bond acceptors (Lipinski definition) is 4. The molecule has 0 aliphatic rings. The Morgan fingerprint density at radius 2 is 1.86 bits per heavy atom. The van der Waals surface area contributed by atoms with Gasteiger partial charge in [0.15, 0.2) is 6.61 Å². The van der Waals surface area contributed by atoms with Gasteiger partial charge in [-0.05, 0) is 48.6 Å². The third kappa shape index (κ3) is 6.87. The number of carbonyl (C=O) groups is 1. The molecule has 0 aliphatic carbocycles. The van der Waals surface area contributed by atoms with Crippen LogP contribution >= 0.6 is 0 Å². The average Bonchev–Trinajstić information content (AvgIpc) is 2.72. The van der Waals surface area contributed by atoms with Gasteiger partial charge in [0.2, 0.25) is 10.0 Å². The number of carbonyl (C=O) groups excluding carboxylic acids is 1. The summed E-state index contributed by atoms with van der Waals surface area (Å²) in [6.07, 6.45) is 2.64. The highest BCUT2D eigenvalue weighted by Gasteiger charge is 2.15. The second-order valence-electron chi connectivity index (χ2n) is 6.96. The van der Waals surface area contributed by atoms with Crippen molar-refractivity contribution < 1.29 is 17.9 Å². The highest BCUT2D eigenvalue weighted by atomic mass is 32.2. The summed E-state index contributed by atoms with van der Waals surface area (Å²) in [5.41, 5.74) is 1.47. The molecular weight excluding hydrogens is 388 g/mol. The quantitative estimate of drug-likeness (QED) is 0.533. The van der Waals surface area contributed by atoms with Gasteiger partial charge in [0.1, 0.15) is 5.75 Å². The number of rotatable bonds is 11. The third-order valence-corrected chi connectivity index (χ3v) is 6.13. The fraction of sp³-hybridized carbons (Fsp3) is 0.409. The third-order valence-electron chi connectivity index (χ3n) is 4.67. The van der Waals surface area contributed by atoms with Gasteiger partial charge in [0.25, 0.3) is 5.91 Å². The summed E-state index contributed by atoms with van der Waals surface area (Å²) >= 11 is 0. The van der Waals surface area contributed by atoms with Gasteiger partial charge in [-0.2, -0.15) is 0 Å². The molecule has 0 spiro atoms. The number of hydrogen-bond donors (Lipinski definition) is 2. The monoisotopic (exact) mass is 418 g/mol. The van der Waals surface area contributed by atoms with Crippen molar-refractivity contribution in [1.29, 1.82) is 0 Å². The molecule has 1 unspecified atom stereocenters. The number of amides is 1. The van der Waals surface area contributed by atoms with E-state index in [1.807, 2.05) is 31.2 Å². The Balaban J connectivity index is 2.00. The van der Waals surface area contributed by atoms with Crippen LogP contribution in [0.1, 0.15) is 51.5 Å². The van der Waals surface area contributed by atoms with Crippen molar-refractivity contribution in [3.8, 4) is 5.75 Å². The van der Waals surface area contributed by atoms with Gasteiger partial charge in [-0.15, -0.1) is 0 Å². The average molecular weight is 419 g/mol. The summed E-state index contributed by atoms with van der Waals surface area (Å²) in [6.45, 7) is 6.45. The topological polar surface area (TPSA) is 84.5 Å². The van der Waals surface area contributed by atoms with Gasteiger partial charge in [-0.3, -0.25) is 4.79 Å². The van der Waals surface area contributed by atoms with Gasteiger partial charge < -0.3 is 10.1 Å². The zero-order valence-electron chi connectivity index (χ0n) is 17.3. The molecule has 29 heavy (non-hydrogen) atoms. The molecular formula is C22H30N2O4S. The number of sulfonamides is 1. The summed E-state index contributed by atoms with van der Waals surface area (Å²) in [4.78, 5) is 12.4. The first-order chi connectivity index (χ1) is 13.9. The van der Waals surface area contributed by atoms with Crippen molar-refractivity contribution in [1.82, 2.24) is 4.72 Å². The van der Waals surface area contributed by atoms with Crippen LogP contribution in [0.4, 0.5) is 5.69 Å². The molecule has 0 heterocycles. The molecule has 1 amide bonds. The van der Waals surface area contributed by atoms with Crippen molar-refractivity contribution in [3.63, 3.8) is 0 Å². The highest BCUT2D eigenvalue weighted by molar-refractivity contribution is 7.89. The van der Waals surface area contributed by atoms with Crippen LogP contribution in [0.5, 0.6) is 5.75 Å². The van der Waals surface area contributed by atoms with Crippen LogP contribution in [0.2, 0.25) is 0 Å². The van der Waals surface area contributed by atoms with Crippen LogP contribution in [-0.4, -0.2) is 27.5 Å². The zero-order valence-corrected chi connectivity index (χ0v) is 18.1. The lowest BCUT2D eigenvalue weighted by atomic mass is 9.98. The smallest absolute Gasteiger partial charge is 0.262 e. The van der Waals surface area contributed by atoms with Crippen molar-refractivity contribution in [2.45, 2.75) is 50.8 Å². The molecule has 1 atom stereocenters. The molecule has 0 saturated carbocycles. The summed E-state index contributed by atoms with van der Waals surface area (Å²) in [5.74, 6) is 0.669. The van der Waals surface area contributed by atoms with E-state index in [1.165, 1.54) is 12.1 Å². The Morgan fingerprint density at radius 3 is 2.59 bits per heavy atom. The Bertz CT molecular complexity index is 913. The number of para-hydroxylation sites is 1. The number of ether oxygens (including phenoxy) is 1. The maximum absolute atomic E-state index is 12.3. The zero-order chi connectivity index (χ0) is 21.3. The summed E-state index contributed by atoms with van der Waals surface area (Å²) in [5, 5.41) is 2.70. The molecule has 2 rings (SSSR count). The van der Waals surface area contributed by atoms with Crippen molar-refractivity contribution >= 4 is 21.6 Å². The molecule has 2 N–H and O–H groups in total. The van der Waals surface area contributed by atoms with E-state index in [-0.39, 0.29) is 17.4 Å². The van der Waals surface area contributed by atoms with Crippen LogP contribution in [-0.2, 0) is 14.8 Å². The molecule has 0 saturated heterocycles. The number of unbranched alkanes of at least 4 members (excludes halogenated alkanes) is 1. The summed E-state index contributed by atoms with van der Waals surface area (Å²) in [7, 11) is -3.60. The fourth-order valence-electron chi connectivity index (χ4n) is 2.79. The van der Waals surface area contributed by atoms with E-state index in [9.17, 15) is 13.2 Å². The second kappa shape index (κ2) is 11.0. The minimum Gasteiger partial charge on any atom is -0.483 e. The Kier molecular flexibility index (Phi) is 8.67. The highest BCUT2D eigenvalue weighted by Crippen LogP contribution is 2.28. The first-order valence-electron chi connectivity index (χ1n) is 9.98. The van der Waals surface area contributed by atoms with Crippen molar-refractivity contribution in [2.24, 2.45) is 0 Å². The molecule has 0 bridgehead atoms. The van der Waals surface area contributed by atoms with Crippen molar-refractivity contribution in [3.05, 3.63) is 54.1 Å². The molecule has 158 valence electrons. The van der Waals surface area contributed by atoms with E-state index in [2.05, 4.69) is 23.9 Å². The minimum absolute atomic E-state index is 0.120. The first-order valence-corrected chi connectivity index (χ1v) is 11.5. The fourth-order valence-corrected chi connectivity index (χ4v) is 3.91.